The Bertz CT molecular complexity index is 3490. The molecule has 11 aromatic rings. The maximum absolute atomic E-state index is 7.10. The lowest BCUT2D eigenvalue weighted by Crippen LogP contribution is -2.34. The van der Waals surface area contributed by atoms with Crippen LogP contribution in [0.25, 0.3) is 43.8 Å². The fourth-order valence-electron chi connectivity index (χ4n) is 10.5. The van der Waals surface area contributed by atoms with Crippen molar-refractivity contribution in [3.05, 3.63) is 253 Å². The van der Waals surface area contributed by atoms with E-state index in [0.29, 0.717) is 0 Å². The van der Waals surface area contributed by atoms with E-state index in [0.717, 1.165) is 61.4 Å². The van der Waals surface area contributed by atoms with E-state index >= 15 is 0 Å². The van der Waals surface area contributed by atoms with E-state index in [1.807, 2.05) is 11.8 Å². The first kappa shape index (κ1) is 35.9. The van der Waals surface area contributed by atoms with Crippen molar-refractivity contribution in [2.75, 3.05) is 9.80 Å². The molecule has 13 rings (SSSR count). The van der Waals surface area contributed by atoms with Crippen molar-refractivity contribution in [3.63, 3.8) is 0 Å². The molecule has 0 N–H and O–H groups in total. The fraction of sp³-hybridized carbons (Fsp3) is 0.0169. The molecule has 0 saturated carbocycles. The number of fused-ring (bicyclic) bond motifs is 13. The lowest BCUT2D eigenvalue weighted by molar-refractivity contribution is 0.669. The molecule has 0 atom stereocenters. The van der Waals surface area contributed by atoms with E-state index in [1.54, 1.807) is 0 Å². The molecular formula is C59H38N2OS. The Morgan fingerprint density at radius 2 is 0.889 bits per heavy atom. The topological polar surface area (TPSA) is 19.6 Å². The highest BCUT2D eigenvalue weighted by Crippen LogP contribution is 2.65. The number of benzene rings is 10. The van der Waals surface area contributed by atoms with E-state index in [1.165, 1.54) is 48.6 Å². The number of anilines is 6. The van der Waals surface area contributed by atoms with Crippen LogP contribution in [0.3, 0.4) is 0 Å². The van der Waals surface area contributed by atoms with E-state index < -0.39 is 5.41 Å². The number of hydrogen-bond donors (Lipinski definition) is 0. The summed E-state index contributed by atoms with van der Waals surface area (Å²) in [6.07, 6.45) is 0. The first-order chi connectivity index (χ1) is 31.3. The average molecular weight is 823 g/mol. The van der Waals surface area contributed by atoms with Gasteiger partial charge in [0.2, 0.25) is 0 Å². The summed E-state index contributed by atoms with van der Waals surface area (Å²) in [5, 5.41) is 4.54. The summed E-state index contributed by atoms with van der Waals surface area (Å²) in [5.74, 6) is 0. The summed E-state index contributed by atoms with van der Waals surface area (Å²) in [5.41, 5.74) is 15.1. The monoisotopic (exact) mass is 822 g/mol. The number of rotatable bonds is 6. The van der Waals surface area contributed by atoms with Crippen LogP contribution in [0.1, 0.15) is 22.3 Å². The predicted molar refractivity (Wildman–Crippen MR) is 262 cm³/mol. The second-order valence-electron chi connectivity index (χ2n) is 16.4. The van der Waals surface area contributed by atoms with Crippen LogP contribution >= 0.6 is 11.8 Å². The summed E-state index contributed by atoms with van der Waals surface area (Å²) in [4.78, 5) is 7.32. The van der Waals surface area contributed by atoms with Gasteiger partial charge in [0.05, 0.1) is 16.8 Å². The predicted octanol–water partition coefficient (Wildman–Crippen LogP) is 16.5. The van der Waals surface area contributed by atoms with Crippen LogP contribution in [-0.2, 0) is 5.41 Å². The highest BCUT2D eigenvalue weighted by molar-refractivity contribution is 7.99. The van der Waals surface area contributed by atoms with Crippen molar-refractivity contribution < 1.29 is 4.42 Å². The normalized spacial score (nSPS) is 13.1. The molecule has 296 valence electrons. The second kappa shape index (κ2) is 14.1. The summed E-state index contributed by atoms with van der Waals surface area (Å²) in [6.45, 7) is 0. The SMILES string of the molecule is c1ccc(N(c2ccccc2)c2cccc(N(c3cccc4c3C3(c5ccccc5S4)c4ccccc4-c4ccccc43)c3cccc4c3oc3cc5ccccc5cc34)c2)cc1. The fourth-order valence-corrected chi connectivity index (χ4v) is 11.7. The molecular weight excluding hydrogens is 785 g/mol. The number of nitrogens with zero attached hydrogens (tertiary/aromatic N) is 2. The zero-order valence-corrected chi connectivity index (χ0v) is 35.0. The Morgan fingerprint density at radius 1 is 0.365 bits per heavy atom. The lowest BCUT2D eigenvalue weighted by Gasteiger charge is -2.42. The van der Waals surface area contributed by atoms with Gasteiger partial charge in [-0.25, -0.2) is 0 Å². The van der Waals surface area contributed by atoms with Crippen molar-refractivity contribution in [2.45, 2.75) is 15.2 Å². The first-order valence-electron chi connectivity index (χ1n) is 21.5. The van der Waals surface area contributed by atoms with Gasteiger partial charge in [-0.2, -0.15) is 0 Å². The Morgan fingerprint density at radius 3 is 1.60 bits per heavy atom. The number of para-hydroxylation sites is 3. The molecule has 1 aliphatic carbocycles. The zero-order valence-electron chi connectivity index (χ0n) is 34.2. The van der Waals surface area contributed by atoms with Crippen LogP contribution in [0.4, 0.5) is 34.1 Å². The quantitative estimate of drug-likeness (QED) is 0.166. The third-order valence-corrected chi connectivity index (χ3v) is 14.2. The van der Waals surface area contributed by atoms with Crippen LogP contribution in [0.5, 0.6) is 0 Å². The molecule has 2 aliphatic rings. The van der Waals surface area contributed by atoms with Crippen LogP contribution in [0.15, 0.2) is 245 Å². The van der Waals surface area contributed by atoms with Gasteiger partial charge in [0, 0.05) is 48.9 Å². The molecule has 0 radical (unpaired) electrons. The smallest absolute Gasteiger partial charge is 0.159 e. The van der Waals surface area contributed by atoms with Gasteiger partial charge in [-0.05, 0) is 117 Å². The Hall–Kier alpha value is -7.79. The summed E-state index contributed by atoms with van der Waals surface area (Å²) in [7, 11) is 0. The van der Waals surface area contributed by atoms with Crippen molar-refractivity contribution in [3.8, 4) is 11.1 Å². The Kier molecular flexibility index (Phi) is 8.06. The molecule has 1 spiro atoms. The summed E-state index contributed by atoms with van der Waals surface area (Å²) < 4.78 is 7.10. The second-order valence-corrected chi connectivity index (χ2v) is 17.5. The van der Waals surface area contributed by atoms with Gasteiger partial charge in [0.15, 0.2) is 5.58 Å². The maximum atomic E-state index is 7.10. The highest BCUT2D eigenvalue weighted by atomic mass is 32.2. The van der Waals surface area contributed by atoms with Crippen molar-refractivity contribution >= 4 is 78.6 Å². The van der Waals surface area contributed by atoms with E-state index in [4.69, 9.17) is 4.42 Å². The molecule has 0 bridgehead atoms. The van der Waals surface area contributed by atoms with Crippen LogP contribution in [0, 0.1) is 0 Å². The molecule has 2 heterocycles. The molecule has 0 amide bonds. The minimum atomic E-state index is -0.601. The van der Waals surface area contributed by atoms with Crippen molar-refractivity contribution in [1.29, 1.82) is 0 Å². The van der Waals surface area contributed by atoms with Gasteiger partial charge in [-0.3, -0.25) is 0 Å². The molecule has 1 aliphatic heterocycles. The maximum Gasteiger partial charge on any atom is 0.159 e. The molecule has 1 aromatic heterocycles. The third kappa shape index (κ3) is 5.35. The summed E-state index contributed by atoms with van der Waals surface area (Å²) >= 11 is 1.87. The highest BCUT2D eigenvalue weighted by Gasteiger charge is 2.52. The van der Waals surface area contributed by atoms with Gasteiger partial charge in [-0.1, -0.05) is 163 Å². The standard InChI is InChI=1S/C59H38N2OS/c1-3-20-41(21-4-1)60(42-22-5-2-6-23-42)43-24-15-25-44(38-43)61(53-33-16-28-47-48-36-39-18-7-8-19-40(39)37-54(48)62-58(47)53)52-32-17-35-56-57(52)59(51-31-13-14-34-55(51)63-56)49-29-11-9-26-45(49)46-27-10-12-30-50(46)59/h1-38H. The molecule has 3 nitrogen and oxygen atoms in total. The third-order valence-electron chi connectivity index (χ3n) is 13.0. The van der Waals surface area contributed by atoms with Gasteiger partial charge in [0.25, 0.3) is 0 Å². The first-order valence-corrected chi connectivity index (χ1v) is 22.3. The molecule has 0 unspecified atom stereocenters. The van der Waals surface area contributed by atoms with Crippen LogP contribution in [-0.4, -0.2) is 0 Å². The number of furan rings is 1. The average Bonchev–Trinajstić information content (AvgIpc) is 3.85. The van der Waals surface area contributed by atoms with Crippen molar-refractivity contribution in [2.24, 2.45) is 0 Å². The molecule has 4 heteroatoms. The molecule has 0 fully saturated rings. The van der Waals surface area contributed by atoms with Gasteiger partial charge in [-0.15, -0.1) is 0 Å². The van der Waals surface area contributed by atoms with E-state index in [-0.39, 0.29) is 0 Å². The number of hydrogen-bond acceptors (Lipinski definition) is 4. The minimum absolute atomic E-state index is 0.601. The van der Waals surface area contributed by atoms with E-state index in [9.17, 15) is 0 Å². The molecule has 63 heavy (non-hydrogen) atoms. The van der Waals surface area contributed by atoms with Crippen LogP contribution in [0.2, 0.25) is 0 Å². The van der Waals surface area contributed by atoms with Gasteiger partial charge < -0.3 is 14.2 Å². The minimum Gasteiger partial charge on any atom is -0.454 e. The molecule has 10 aromatic carbocycles. The zero-order chi connectivity index (χ0) is 41.5. The van der Waals surface area contributed by atoms with Gasteiger partial charge >= 0.3 is 0 Å². The molecule has 0 saturated heterocycles. The largest absolute Gasteiger partial charge is 0.454 e. The van der Waals surface area contributed by atoms with E-state index in [2.05, 4.69) is 240 Å². The Balaban J connectivity index is 1.14. The van der Waals surface area contributed by atoms with Crippen molar-refractivity contribution in [1.82, 2.24) is 0 Å². The van der Waals surface area contributed by atoms with Gasteiger partial charge in [0.1, 0.15) is 5.58 Å². The summed E-state index contributed by atoms with van der Waals surface area (Å²) in [6, 6.07) is 83.9. The Labute approximate surface area is 370 Å². The van der Waals surface area contributed by atoms with Crippen LogP contribution < -0.4 is 9.80 Å². The lowest BCUT2D eigenvalue weighted by atomic mass is 9.66.